The zero-order valence-electron chi connectivity index (χ0n) is 15.2. The van der Waals surface area contributed by atoms with Gasteiger partial charge in [0.1, 0.15) is 0 Å². The molecule has 0 saturated carbocycles. The first kappa shape index (κ1) is 18.4. The number of amides is 1. The largest absolute Gasteiger partial charge is 0.489 e. The smallest absolute Gasteiger partial charge is 0.224 e. The van der Waals surface area contributed by atoms with Gasteiger partial charge in [0.2, 0.25) is 5.91 Å². The number of nitrogens with zero attached hydrogens (tertiary/aromatic N) is 2. The van der Waals surface area contributed by atoms with Crippen LogP contribution in [0.4, 0.5) is 0 Å². The molecule has 0 spiro atoms. The van der Waals surface area contributed by atoms with Gasteiger partial charge in [0.25, 0.3) is 0 Å². The minimum atomic E-state index is -0.0872. The molecule has 7 heteroatoms. The summed E-state index contributed by atoms with van der Waals surface area (Å²) in [5.74, 6) is 1.11. The van der Waals surface area contributed by atoms with Gasteiger partial charge < -0.3 is 14.8 Å². The van der Waals surface area contributed by atoms with E-state index in [1.807, 2.05) is 42.6 Å². The Hall–Kier alpha value is -2.99. The topological polar surface area (TPSA) is 65.4 Å². The van der Waals surface area contributed by atoms with Crippen molar-refractivity contribution in [2.24, 2.45) is 0 Å². The molecule has 2 heterocycles. The standard InChI is InChI=1S/C21H20ClN3O3/c22-18-9-15(10-19-21(18)28-8-4-7-27-19)12-23-20(26)11-16-13-24-25(14-16)17-5-2-1-3-6-17/h1-3,5-6,9-10,13-14H,4,7-8,11-12H2,(H,23,26). The molecule has 1 N–H and O–H groups in total. The third-order valence-corrected chi connectivity index (χ3v) is 4.65. The summed E-state index contributed by atoms with van der Waals surface area (Å²) in [7, 11) is 0. The number of fused-ring (bicyclic) bond motifs is 1. The second kappa shape index (κ2) is 8.35. The third-order valence-electron chi connectivity index (χ3n) is 4.37. The van der Waals surface area contributed by atoms with E-state index >= 15 is 0 Å². The normalized spacial score (nSPS) is 13.0. The highest BCUT2D eigenvalue weighted by Crippen LogP contribution is 2.37. The highest BCUT2D eigenvalue weighted by molar-refractivity contribution is 6.32. The van der Waals surface area contributed by atoms with Crippen LogP contribution >= 0.6 is 11.6 Å². The molecule has 1 aliphatic rings. The summed E-state index contributed by atoms with van der Waals surface area (Å²) in [6.45, 7) is 1.53. The van der Waals surface area contributed by atoms with E-state index in [1.165, 1.54) is 0 Å². The molecule has 6 nitrogen and oxygen atoms in total. The van der Waals surface area contributed by atoms with E-state index in [2.05, 4.69) is 10.4 Å². The van der Waals surface area contributed by atoms with Gasteiger partial charge >= 0.3 is 0 Å². The Balaban J connectivity index is 1.37. The number of rotatable bonds is 5. The number of aromatic nitrogens is 2. The maximum atomic E-state index is 12.3. The van der Waals surface area contributed by atoms with E-state index in [1.54, 1.807) is 16.9 Å². The first-order valence-corrected chi connectivity index (χ1v) is 9.50. The summed E-state index contributed by atoms with van der Waals surface area (Å²) in [5, 5.41) is 7.72. The van der Waals surface area contributed by atoms with Gasteiger partial charge in [-0.3, -0.25) is 4.79 Å². The maximum Gasteiger partial charge on any atom is 0.224 e. The highest BCUT2D eigenvalue weighted by Gasteiger charge is 2.16. The SMILES string of the molecule is O=C(Cc1cnn(-c2ccccc2)c1)NCc1cc(Cl)c2c(c1)OCCCO2. The minimum absolute atomic E-state index is 0.0872. The average molecular weight is 398 g/mol. The first-order chi connectivity index (χ1) is 13.7. The predicted molar refractivity (Wildman–Crippen MR) is 106 cm³/mol. The van der Waals surface area contributed by atoms with Crippen molar-refractivity contribution in [2.45, 2.75) is 19.4 Å². The number of hydrogen-bond acceptors (Lipinski definition) is 4. The molecule has 3 aromatic rings. The van der Waals surface area contributed by atoms with Crippen LogP contribution in [0.15, 0.2) is 54.9 Å². The van der Waals surface area contributed by atoms with E-state index in [0.29, 0.717) is 36.3 Å². The van der Waals surface area contributed by atoms with Crippen molar-refractivity contribution in [3.63, 3.8) is 0 Å². The van der Waals surface area contributed by atoms with Crippen LogP contribution in [0.3, 0.4) is 0 Å². The van der Waals surface area contributed by atoms with Crippen molar-refractivity contribution < 1.29 is 14.3 Å². The van der Waals surface area contributed by atoms with Crippen LogP contribution in [0.5, 0.6) is 11.5 Å². The first-order valence-electron chi connectivity index (χ1n) is 9.13. The zero-order chi connectivity index (χ0) is 19.3. The van der Waals surface area contributed by atoms with Gasteiger partial charge in [0, 0.05) is 19.2 Å². The second-order valence-electron chi connectivity index (χ2n) is 6.54. The summed E-state index contributed by atoms with van der Waals surface area (Å²) < 4.78 is 13.1. The lowest BCUT2D eigenvalue weighted by atomic mass is 10.2. The van der Waals surface area contributed by atoms with Crippen molar-refractivity contribution in [2.75, 3.05) is 13.2 Å². The molecule has 1 aliphatic heterocycles. The Morgan fingerprint density at radius 3 is 2.82 bits per heavy atom. The molecule has 0 atom stereocenters. The summed E-state index contributed by atoms with van der Waals surface area (Å²) in [6, 6.07) is 13.4. The predicted octanol–water partition coefficient (Wildman–Crippen LogP) is 3.55. The monoisotopic (exact) mass is 397 g/mol. The summed E-state index contributed by atoms with van der Waals surface area (Å²) >= 11 is 6.30. The molecular weight excluding hydrogens is 378 g/mol. The van der Waals surface area contributed by atoms with E-state index in [0.717, 1.165) is 23.2 Å². The third kappa shape index (κ3) is 4.28. The lowest BCUT2D eigenvalue weighted by Gasteiger charge is -2.12. The van der Waals surface area contributed by atoms with Crippen LogP contribution in [0.25, 0.3) is 5.69 Å². The summed E-state index contributed by atoms with van der Waals surface area (Å²) in [6.07, 6.45) is 4.63. The Bertz CT molecular complexity index is 972. The molecular formula is C21H20ClN3O3. The Morgan fingerprint density at radius 2 is 1.96 bits per heavy atom. The molecule has 0 bridgehead atoms. The zero-order valence-corrected chi connectivity index (χ0v) is 16.0. The molecule has 28 heavy (non-hydrogen) atoms. The van der Waals surface area contributed by atoms with E-state index in [-0.39, 0.29) is 12.3 Å². The fourth-order valence-corrected chi connectivity index (χ4v) is 3.30. The molecule has 0 unspecified atom stereocenters. The van der Waals surface area contributed by atoms with Crippen LogP contribution in [-0.4, -0.2) is 28.9 Å². The molecule has 1 aromatic heterocycles. The van der Waals surface area contributed by atoms with Crippen LogP contribution in [-0.2, 0) is 17.8 Å². The molecule has 0 aliphatic carbocycles. The average Bonchev–Trinajstić information content (AvgIpc) is 3.03. The van der Waals surface area contributed by atoms with Gasteiger partial charge in [-0.15, -0.1) is 0 Å². The molecule has 144 valence electrons. The number of nitrogens with one attached hydrogen (secondary N) is 1. The highest BCUT2D eigenvalue weighted by atomic mass is 35.5. The van der Waals surface area contributed by atoms with Crippen molar-refractivity contribution in [3.05, 3.63) is 71.0 Å². The maximum absolute atomic E-state index is 12.3. The van der Waals surface area contributed by atoms with Crippen molar-refractivity contribution >= 4 is 17.5 Å². The minimum Gasteiger partial charge on any atom is -0.489 e. The number of carbonyl (C=O) groups excluding carboxylic acids is 1. The van der Waals surface area contributed by atoms with Gasteiger partial charge in [0.05, 0.1) is 36.5 Å². The van der Waals surface area contributed by atoms with Crippen LogP contribution in [0, 0.1) is 0 Å². The number of ether oxygens (including phenoxy) is 2. The second-order valence-corrected chi connectivity index (χ2v) is 6.94. The van der Waals surface area contributed by atoms with E-state index in [4.69, 9.17) is 21.1 Å². The molecule has 2 aromatic carbocycles. The quantitative estimate of drug-likeness (QED) is 0.715. The Morgan fingerprint density at radius 1 is 1.14 bits per heavy atom. The van der Waals surface area contributed by atoms with Crippen molar-refractivity contribution in [3.8, 4) is 17.2 Å². The molecule has 1 amide bonds. The number of para-hydroxylation sites is 1. The van der Waals surface area contributed by atoms with Crippen molar-refractivity contribution in [1.82, 2.24) is 15.1 Å². The van der Waals surface area contributed by atoms with E-state index in [9.17, 15) is 4.79 Å². The lowest BCUT2D eigenvalue weighted by molar-refractivity contribution is -0.120. The molecule has 4 rings (SSSR count). The van der Waals surface area contributed by atoms with Crippen molar-refractivity contribution in [1.29, 1.82) is 0 Å². The van der Waals surface area contributed by atoms with Gasteiger partial charge in [-0.25, -0.2) is 4.68 Å². The van der Waals surface area contributed by atoms with Gasteiger partial charge in [-0.1, -0.05) is 29.8 Å². The lowest BCUT2D eigenvalue weighted by Crippen LogP contribution is -2.24. The molecule has 0 fully saturated rings. The number of halogens is 1. The Kier molecular flexibility index (Phi) is 5.48. The van der Waals surface area contributed by atoms with Gasteiger partial charge in [0.15, 0.2) is 11.5 Å². The van der Waals surface area contributed by atoms with Crippen LogP contribution in [0.1, 0.15) is 17.5 Å². The number of benzene rings is 2. The summed E-state index contributed by atoms with van der Waals surface area (Å²) in [4.78, 5) is 12.3. The number of hydrogen-bond donors (Lipinski definition) is 1. The molecule has 0 saturated heterocycles. The Labute approximate surface area is 168 Å². The van der Waals surface area contributed by atoms with Crippen LogP contribution in [0.2, 0.25) is 5.02 Å². The van der Waals surface area contributed by atoms with Crippen LogP contribution < -0.4 is 14.8 Å². The van der Waals surface area contributed by atoms with E-state index < -0.39 is 0 Å². The fourth-order valence-electron chi connectivity index (χ4n) is 3.01. The summed E-state index contributed by atoms with van der Waals surface area (Å²) in [5.41, 5.74) is 2.66. The molecule has 0 radical (unpaired) electrons. The number of carbonyl (C=O) groups is 1. The van der Waals surface area contributed by atoms with Gasteiger partial charge in [-0.05, 0) is 35.4 Å². The fraction of sp³-hybridized carbons (Fsp3) is 0.238. The van der Waals surface area contributed by atoms with Gasteiger partial charge in [-0.2, -0.15) is 5.10 Å².